The average molecular weight is 250 g/mol. The largest absolute Gasteiger partial charge is 0.364 e. The lowest BCUT2D eigenvalue weighted by atomic mass is 10.00. The van der Waals surface area contributed by atoms with Gasteiger partial charge in [-0.1, -0.05) is 32.1 Å². The topological polar surface area (TPSA) is 0 Å². The van der Waals surface area contributed by atoms with Gasteiger partial charge >= 0.3 is 20.4 Å². The molecule has 52 valence electrons. The van der Waals surface area contributed by atoms with Crippen LogP contribution in [0, 0.1) is 0 Å². The Bertz CT molecular complexity index is 59.9. The van der Waals surface area contributed by atoms with Crippen molar-refractivity contribution in [1.29, 1.82) is 0 Å². The van der Waals surface area contributed by atoms with Gasteiger partial charge in [0, 0.05) is 0 Å². The summed E-state index contributed by atoms with van der Waals surface area (Å²) in [5.74, 6) is 0. The van der Waals surface area contributed by atoms with Crippen LogP contribution in [0.4, 0.5) is 0 Å². The Morgan fingerprint density at radius 2 is 1.67 bits per heavy atom. The van der Waals surface area contributed by atoms with Crippen LogP contribution in [0.2, 0.25) is 9.10 Å². The molecule has 1 saturated carbocycles. The van der Waals surface area contributed by atoms with E-state index in [4.69, 9.17) is 0 Å². The second kappa shape index (κ2) is 6.22. The molecule has 0 aromatic heterocycles. The fraction of sp³-hybridized carbons (Fsp3) is 1.00. The summed E-state index contributed by atoms with van der Waals surface area (Å²) < 4.78 is 1.23. The molecule has 0 atom stereocenters. The molecular formula is C7H15IMg. The molecule has 0 spiro atoms. The van der Waals surface area contributed by atoms with Crippen LogP contribution in [-0.4, -0.2) is 20.4 Å². The predicted octanol–water partition coefficient (Wildman–Crippen LogP) is 3.11. The first kappa shape index (κ1) is 10.5. The van der Waals surface area contributed by atoms with Gasteiger partial charge < -0.3 is 0 Å². The van der Waals surface area contributed by atoms with Crippen LogP contribution >= 0.6 is 24.0 Å². The standard InChI is InChI=1S/C6H11.CH3.HI.Mg/c1-2-4-6-5-3-1;;;/h1H,2-6H2;1H3;1H;. The molecule has 0 amide bonds. The molecule has 0 aromatic carbocycles. The highest BCUT2D eigenvalue weighted by Gasteiger charge is 2.11. The quantitative estimate of drug-likeness (QED) is 0.495. The molecule has 0 heterocycles. The SMILES string of the molecule is I.[CH3][Mg][CH]1CCCCC1. The van der Waals surface area contributed by atoms with Crippen LogP contribution in [0.3, 0.4) is 0 Å². The number of halogens is 1. The van der Waals surface area contributed by atoms with Gasteiger partial charge in [-0.15, -0.1) is 28.0 Å². The van der Waals surface area contributed by atoms with Crippen molar-refractivity contribution < 1.29 is 0 Å². The van der Waals surface area contributed by atoms with E-state index in [9.17, 15) is 0 Å². The van der Waals surface area contributed by atoms with Crippen molar-refractivity contribution in [2.24, 2.45) is 0 Å². The Kier molecular flexibility index (Phi) is 7.26. The summed E-state index contributed by atoms with van der Waals surface area (Å²) in [6.07, 6.45) is 7.73. The van der Waals surface area contributed by atoms with Crippen molar-refractivity contribution >= 4 is 44.3 Å². The average Bonchev–Trinajstić information content (AvgIpc) is 1.90. The first-order chi connectivity index (χ1) is 3.93. The fourth-order valence-corrected chi connectivity index (χ4v) is 2.99. The van der Waals surface area contributed by atoms with Gasteiger partial charge in [0.05, 0.1) is 0 Å². The zero-order valence-corrected chi connectivity index (χ0v) is 9.97. The molecule has 1 aliphatic carbocycles. The van der Waals surface area contributed by atoms with E-state index in [1.807, 2.05) is 0 Å². The highest BCUT2D eigenvalue weighted by atomic mass is 127. The van der Waals surface area contributed by atoms with E-state index in [0.717, 1.165) is 0 Å². The third kappa shape index (κ3) is 4.04. The van der Waals surface area contributed by atoms with Gasteiger partial charge in [-0.25, -0.2) is 0 Å². The molecule has 0 nitrogen and oxygen atoms in total. The van der Waals surface area contributed by atoms with Gasteiger partial charge in [0.2, 0.25) is 0 Å². The van der Waals surface area contributed by atoms with Crippen LogP contribution in [0.1, 0.15) is 32.1 Å². The fourth-order valence-electron chi connectivity index (χ4n) is 1.60. The maximum absolute atomic E-state index is 2.45. The molecule has 0 radical (unpaired) electrons. The Balaban J connectivity index is 0.000000640. The van der Waals surface area contributed by atoms with Crippen molar-refractivity contribution in [3.63, 3.8) is 0 Å². The van der Waals surface area contributed by atoms with E-state index in [1.165, 1.54) is 23.3 Å². The molecule has 0 aliphatic heterocycles. The third-order valence-electron chi connectivity index (χ3n) is 2.30. The van der Waals surface area contributed by atoms with Gasteiger partial charge in [-0.2, -0.15) is 5.05 Å². The first-order valence-electron chi connectivity index (χ1n) is 3.93. The van der Waals surface area contributed by atoms with Gasteiger partial charge in [0.1, 0.15) is 0 Å². The second-order valence-corrected chi connectivity index (χ2v) is 4.88. The molecule has 1 aliphatic rings. The summed E-state index contributed by atoms with van der Waals surface area (Å²) in [5.41, 5.74) is 0. The molecule has 0 unspecified atom stereocenters. The maximum atomic E-state index is 2.45. The summed E-state index contributed by atoms with van der Waals surface area (Å²) in [4.78, 5) is 0. The summed E-state index contributed by atoms with van der Waals surface area (Å²) in [5, 5.41) is 2.45. The molecule has 0 aromatic rings. The van der Waals surface area contributed by atoms with E-state index in [1.54, 1.807) is 12.8 Å². The van der Waals surface area contributed by atoms with E-state index in [2.05, 4.69) is 5.05 Å². The van der Waals surface area contributed by atoms with Crippen LogP contribution in [-0.2, 0) is 0 Å². The van der Waals surface area contributed by atoms with Crippen LogP contribution in [0.25, 0.3) is 0 Å². The lowest BCUT2D eigenvalue weighted by Crippen LogP contribution is -2.04. The van der Waals surface area contributed by atoms with Crippen molar-refractivity contribution in [2.75, 3.05) is 0 Å². The molecule has 1 fully saturated rings. The molecule has 2 heteroatoms. The molecule has 0 N–H and O–H groups in total. The van der Waals surface area contributed by atoms with Gasteiger partial charge in [-0.05, 0) is 0 Å². The lowest BCUT2D eigenvalue weighted by molar-refractivity contribution is 0.501. The van der Waals surface area contributed by atoms with E-state index in [-0.39, 0.29) is 24.0 Å². The summed E-state index contributed by atoms with van der Waals surface area (Å²) in [6.45, 7) is 0. The smallest absolute Gasteiger partial charge is 0.157 e. The third-order valence-corrected chi connectivity index (χ3v) is 4.27. The van der Waals surface area contributed by atoms with E-state index < -0.39 is 0 Å². The van der Waals surface area contributed by atoms with Gasteiger partial charge in [0.25, 0.3) is 0 Å². The predicted molar refractivity (Wildman–Crippen MR) is 53.9 cm³/mol. The molecule has 0 saturated heterocycles. The van der Waals surface area contributed by atoms with Crippen molar-refractivity contribution in [3.05, 3.63) is 0 Å². The summed E-state index contributed by atoms with van der Waals surface area (Å²) in [6, 6.07) is 0. The Hall–Kier alpha value is 1.50. The van der Waals surface area contributed by atoms with Crippen molar-refractivity contribution in [3.8, 4) is 0 Å². The normalized spacial score (nSPS) is 20.1. The molecular weight excluding hydrogens is 235 g/mol. The van der Waals surface area contributed by atoms with Crippen LogP contribution in [0.5, 0.6) is 0 Å². The Morgan fingerprint density at radius 1 is 1.11 bits per heavy atom. The van der Waals surface area contributed by atoms with Crippen molar-refractivity contribution in [2.45, 2.75) is 41.2 Å². The molecule has 9 heavy (non-hydrogen) atoms. The Morgan fingerprint density at radius 3 is 2.00 bits per heavy atom. The summed E-state index contributed by atoms with van der Waals surface area (Å²) >= 11 is 0.368. The minimum absolute atomic E-state index is 0. The van der Waals surface area contributed by atoms with E-state index >= 15 is 0 Å². The van der Waals surface area contributed by atoms with Crippen molar-refractivity contribution in [1.82, 2.24) is 0 Å². The minimum atomic E-state index is 0. The maximum Gasteiger partial charge on any atom is 0.364 e. The van der Waals surface area contributed by atoms with Crippen LogP contribution in [0.15, 0.2) is 0 Å². The zero-order chi connectivity index (χ0) is 5.82. The highest BCUT2D eigenvalue weighted by molar-refractivity contribution is 14.0. The zero-order valence-electron chi connectivity index (χ0n) is 6.23. The Labute approximate surface area is 84.9 Å². The highest BCUT2D eigenvalue weighted by Crippen LogP contribution is 2.27. The van der Waals surface area contributed by atoms with Crippen LogP contribution < -0.4 is 0 Å². The molecule has 1 rings (SSSR count). The summed E-state index contributed by atoms with van der Waals surface area (Å²) in [7, 11) is 0. The number of hydrogen-bond acceptors (Lipinski definition) is 0. The lowest BCUT2D eigenvalue weighted by Gasteiger charge is -2.19. The van der Waals surface area contributed by atoms with Gasteiger partial charge in [0.15, 0.2) is 0 Å². The molecule has 0 bridgehead atoms. The van der Waals surface area contributed by atoms with E-state index in [0.29, 0.717) is 20.4 Å². The number of rotatable bonds is 1. The number of hydrogen-bond donors (Lipinski definition) is 0. The second-order valence-electron chi connectivity index (χ2n) is 2.91. The first-order valence-corrected chi connectivity index (χ1v) is 6.16. The minimum Gasteiger partial charge on any atom is -0.157 e. The van der Waals surface area contributed by atoms with Gasteiger partial charge in [-0.3, -0.25) is 0 Å². The monoisotopic (exact) mass is 250 g/mol.